The summed E-state index contributed by atoms with van der Waals surface area (Å²) in [5.74, 6) is -0.814. The number of nitrogens with one attached hydrogen (secondary N) is 1. The number of esters is 1. The molecule has 0 radical (unpaired) electrons. The molecule has 0 unspecified atom stereocenters. The summed E-state index contributed by atoms with van der Waals surface area (Å²) in [5, 5.41) is 5.41. The number of ketones is 1. The summed E-state index contributed by atoms with van der Waals surface area (Å²) in [6.07, 6.45) is 4.68. The van der Waals surface area contributed by atoms with E-state index < -0.39 is 5.97 Å². The molecule has 162 valence electrons. The Morgan fingerprint density at radius 3 is 2.59 bits per heavy atom. The van der Waals surface area contributed by atoms with Crippen LogP contribution < -0.4 is 0 Å². The maximum atomic E-state index is 12.5. The molecule has 0 amide bonds. The molecular formula is C26H25N3O3. The van der Waals surface area contributed by atoms with Crippen LogP contribution in [0.1, 0.15) is 38.4 Å². The van der Waals surface area contributed by atoms with Crippen LogP contribution in [0.15, 0.2) is 60.8 Å². The highest BCUT2D eigenvalue weighted by Gasteiger charge is 2.14. The van der Waals surface area contributed by atoms with Crippen molar-refractivity contribution in [3.8, 4) is 0 Å². The molecule has 0 bridgehead atoms. The van der Waals surface area contributed by atoms with Gasteiger partial charge in [-0.2, -0.15) is 5.10 Å². The smallest absolute Gasteiger partial charge is 0.331 e. The molecule has 6 heteroatoms. The van der Waals surface area contributed by atoms with Gasteiger partial charge in [0.25, 0.3) is 0 Å². The number of hydrogen-bond donors (Lipinski definition) is 1. The molecule has 0 aliphatic rings. The summed E-state index contributed by atoms with van der Waals surface area (Å²) in [5.41, 5.74) is 6.42. The second kappa shape index (κ2) is 9.06. The third kappa shape index (κ3) is 4.54. The summed E-state index contributed by atoms with van der Waals surface area (Å²) in [6.45, 7) is 6.28. The first-order valence-corrected chi connectivity index (χ1v) is 10.5. The molecule has 0 aliphatic carbocycles. The Labute approximate surface area is 186 Å². The van der Waals surface area contributed by atoms with E-state index in [1.54, 1.807) is 12.3 Å². The van der Waals surface area contributed by atoms with Crippen molar-refractivity contribution in [1.82, 2.24) is 14.8 Å². The summed E-state index contributed by atoms with van der Waals surface area (Å²) in [4.78, 5) is 27.7. The minimum absolute atomic E-state index is 0.248. The van der Waals surface area contributed by atoms with Gasteiger partial charge in [0.1, 0.15) is 0 Å². The molecule has 2 aromatic carbocycles. The van der Waals surface area contributed by atoms with E-state index in [0.29, 0.717) is 12.1 Å². The van der Waals surface area contributed by atoms with Crippen LogP contribution in [-0.2, 0) is 16.1 Å². The Morgan fingerprint density at radius 2 is 1.81 bits per heavy atom. The number of aromatic amines is 1. The maximum absolute atomic E-state index is 12.5. The molecule has 0 saturated carbocycles. The summed E-state index contributed by atoms with van der Waals surface area (Å²) in [6, 6.07) is 15.8. The number of hydrogen-bond acceptors (Lipinski definition) is 4. The molecule has 0 fully saturated rings. The fourth-order valence-corrected chi connectivity index (χ4v) is 3.69. The number of nitrogens with zero attached hydrogens (tertiary/aromatic N) is 2. The Bertz CT molecular complexity index is 1310. The van der Waals surface area contributed by atoms with Crippen LogP contribution >= 0.6 is 0 Å². The van der Waals surface area contributed by atoms with Crippen LogP contribution in [-0.4, -0.2) is 33.1 Å². The molecular weight excluding hydrogens is 402 g/mol. The summed E-state index contributed by atoms with van der Waals surface area (Å²) in [7, 11) is 0. The Balaban J connectivity index is 1.39. The molecule has 4 aromatic rings. The number of Topliss-reactive ketones (excluding diaryl/α,β-unsaturated/α-hetero) is 1. The second-order valence-corrected chi connectivity index (χ2v) is 7.84. The van der Waals surface area contributed by atoms with Crippen LogP contribution in [0.2, 0.25) is 0 Å². The number of ether oxygens (including phenoxy) is 1. The van der Waals surface area contributed by atoms with Crippen molar-refractivity contribution >= 4 is 28.7 Å². The van der Waals surface area contributed by atoms with Gasteiger partial charge in [-0.15, -0.1) is 0 Å². The standard InChI is InChI=1S/C26H25N3O3/c1-17-8-10-20(11-9-17)15-29-19(3)21(18(2)28-29)12-13-26(31)32-16-25(30)23-14-27-24-7-5-4-6-22(23)24/h4-14,27H,15-16H2,1-3H3. The second-order valence-electron chi connectivity index (χ2n) is 7.84. The average molecular weight is 428 g/mol. The first-order chi connectivity index (χ1) is 15.4. The zero-order chi connectivity index (χ0) is 22.7. The van der Waals surface area contributed by atoms with Crippen LogP contribution in [0.3, 0.4) is 0 Å². The van der Waals surface area contributed by atoms with Gasteiger partial charge in [-0.3, -0.25) is 9.48 Å². The predicted molar refractivity (Wildman–Crippen MR) is 125 cm³/mol. The van der Waals surface area contributed by atoms with Crippen LogP contribution in [0.25, 0.3) is 17.0 Å². The van der Waals surface area contributed by atoms with E-state index in [1.165, 1.54) is 11.6 Å². The third-order valence-corrected chi connectivity index (χ3v) is 5.51. The SMILES string of the molecule is Cc1ccc(Cn2nc(C)c(C=CC(=O)OCC(=O)c3c[nH]c4ccccc34)c2C)cc1. The van der Waals surface area contributed by atoms with Gasteiger partial charge in [-0.25, -0.2) is 4.79 Å². The van der Waals surface area contributed by atoms with Crippen molar-refractivity contribution in [2.45, 2.75) is 27.3 Å². The van der Waals surface area contributed by atoms with Gasteiger partial charge in [0.15, 0.2) is 6.61 Å². The number of aromatic nitrogens is 3. The van der Waals surface area contributed by atoms with Gasteiger partial charge in [-0.05, 0) is 38.5 Å². The van der Waals surface area contributed by atoms with Crippen LogP contribution in [0.5, 0.6) is 0 Å². The Hall–Kier alpha value is -3.93. The fraction of sp³-hybridized carbons (Fsp3) is 0.192. The van der Waals surface area contributed by atoms with Crippen LogP contribution in [0.4, 0.5) is 0 Å². The van der Waals surface area contributed by atoms with E-state index in [-0.39, 0.29) is 12.4 Å². The molecule has 4 rings (SSSR count). The quantitative estimate of drug-likeness (QED) is 0.262. The normalized spacial score (nSPS) is 11.3. The minimum Gasteiger partial charge on any atom is -0.454 e. The van der Waals surface area contributed by atoms with Crippen LogP contribution in [0, 0.1) is 20.8 Å². The van der Waals surface area contributed by atoms with Gasteiger partial charge in [-0.1, -0.05) is 48.0 Å². The van der Waals surface area contributed by atoms with E-state index in [9.17, 15) is 9.59 Å². The van der Waals surface area contributed by atoms with Gasteiger partial charge >= 0.3 is 5.97 Å². The minimum atomic E-state index is -0.566. The lowest BCUT2D eigenvalue weighted by Crippen LogP contribution is -2.12. The molecule has 1 N–H and O–H groups in total. The van der Waals surface area contributed by atoms with E-state index >= 15 is 0 Å². The first-order valence-electron chi connectivity index (χ1n) is 10.5. The van der Waals surface area contributed by atoms with E-state index in [0.717, 1.165) is 33.4 Å². The Kier molecular flexibility index (Phi) is 6.03. The number of benzene rings is 2. The van der Waals surface area contributed by atoms with E-state index in [4.69, 9.17) is 4.74 Å². The van der Waals surface area contributed by atoms with Crippen molar-refractivity contribution in [1.29, 1.82) is 0 Å². The average Bonchev–Trinajstić information content (AvgIpc) is 3.33. The van der Waals surface area contributed by atoms with Gasteiger partial charge < -0.3 is 9.72 Å². The predicted octanol–water partition coefficient (Wildman–Crippen LogP) is 4.78. The number of rotatable bonds is 7. The van der Waals surface area contributed by atoms with Crippen molar-refractivity contribution in [2.75, 3.05) is 6.61 Å². The number of carbonyl (C=O) groups excluding carboxylic acids is 2. The molecule has 0 atom stereocenters. The zero-order valence-corrected chi connectivity index (χ0v) is 18.4. The van der Waals surface area contributed by atoms with Crippen molar-refractivity contribution < 1.29 is 14.3 Å². The lowest BCUT2D eigenvalue weighted by molar-refractivity contribution is -0.136. The largest absolute Gasteiger partial charge is 0.454 e. The maximum Gasteiger partial charge on any atom is 0.331 e. The van der Waals surface area contributed by atoms with Crippen molar-refractivity contribution in [3.63, 3.8) is 0 Å². The highest BCUT2D eigenvalue weighted by atomic mass is 16.5. The molecule has 0 saturated heterocycles. The lowest BCUT2D eigenvalue weighted by Gasteiger charge is -2.05. The van der Waals surface area contributed by atoms with Crippen molar-refractivity contribution in [3.05, 3.63) is 94.4 Å². The molecule has 6 nitrogen and oxygen atoms in total. The van der Waals surface area contributed by atoms with E-state index in [1.807, 2.05) is 42.8 Å². The van der Waals surface area contributed by atoms with Gasteiger partial charge in [0, 0.05) is 40.0 Å². The van der Waals surface area contributed by atoms with Gasteiger partial charge in [0.05, 0.1) is 12.2 Å². The fourth-order valence-electron chi connectivity index (χ4n) is 3.69. The molecule has 2 heterocycles. The summed E-state index contributed by atoms with van der Waals surface area (Å²) >= 11 is 0. The third-order valence-electron chi connectivity index (χ3n) is 5.51. The molecule has 0 spiro atoms. The van der Waals surface area contributed by atoms with Gasteiger partial charge in [0.2, 0.25) is 5.78 Å². The number of para-hydroxylation sites is 1. The lowest BCUT2D eigenvalue weighted by atomic mass is 10.1. The number of carbonyl (C=O) groups is 2. The molecule has 32 heavy (non-hydrogen) atoms. The number of aryl methyl sites for hydroxylation is 2. The highest BCUT2D eigenvalue weighted by molar-refractivity contribution is 6.09. The number of H-pyrrole nitrogens is 1. The highest BCUT2D eigenvalue weighted by Crippen LogP contribution is 2.19. The van der Waals surface area contributed by atoms with E-state index in [2.05, 4.69) is 41.3 Å². The molecule has 0 aliphatic heterocycles. The van der Waals surface area contributed by atoms with Crippen molar-refractivity contribution in [2.24, 2.45) is 0 Å². The topological polar surface area (TPSA) is 77.0 Å². The number of fused-ring (bicyclic) bond motifs is 1. The zero-order valence-electron chi connectivity index (χ0n) is 18.4. The summed E-state index contributed by atoms with van der Waals surface area (Å²) < 4.78 is 7.10. The first kappa shape index (κ1) is 21.3. The monoisotopic (exact) mass is 427 g/mol. The molecule has 2 aromatic heterocycles. The Morgan fingerprint density at radius 1 is 1.06 bits per heavy atom.